The fraction of sp³-hybridized carbons (Fsp3) is 0.533. The van der Waals surface area contributed by atoms with Crippen LogP contribution in [0.5, 0.6) is 0 Å². The Bertz CT molecular complexity index is 447. The topological polar surface area (TPSA) is 58.8 Å². The van der Waals surface area contributed by atoms with E-state index in [-0.39, 0.29) is 5.97 Å². The Balaban J connectivity index is 3.13. The maximum atomic E-state index is 11.9. The molecule has 0 radical (unpaired) electrons. The zero-order valence-electron chi connectivity index (χ0n) is 12.8. The average Bonchev–Trinajstić information content (AvgIpc) is 2.42. The Labute approximate surface area is 121 Å². The predicted molar refractivity (Wildman–Crippen MR) is 83.3 cm³/mol. The van der Waals surface area contributed by atoms with Crippen LogP contribution in [0.15, 0.2) is 18.2 Å². The van der Waals surface area contributed by atoms with Crippen molar-refractivity contribution in [3.8, 4) is 0 Å². The van der Waals surface area contributed by atoms with Gasteiger partial charge in [0.05, 0.1) is 24.0 Å². The summed E-state index contributed by atoms with van der Waals surface area (Å²) in [5.41, 5.74) is 8.01. The number of hydrogen-bond donors (Lipinski definition) is 1. The highest BCUT2D eigenvalue weighted by molar-refractivity contribution is 5.99. The van der Waals surface area contributed by atoms with Crippen molar-refractivity contribution in [3.05, 3.63) is 23.8 Å². The van der Waals surface area contributed by atoms with Crippen molar-refractivity contribution in [3.63, 3.8) is 0 Å². The third-order valence-electron chi connectivity index (χ3n) is 3.10. The van der Waals surface area contributed by atoms with E-state index < -0.39 is 0 Å². The highest BCUT2D eigenvalue weighted by atomic mass is 16.5. The summed E-state index contributed by atoms with van der Waals surface area (Å²) in [5.74, 6) is -0.349. The van der Waals surface area contributed by atoms with Gasteiger partial charge < -0.3 is 20.3 Å². The van der Waals surface area contributed by atoms with Gasteiger partial charge in [-0.3, -0.25) is 0 Å². The quantitative estimate of drug-likeness (QED) is 0.609. The van der Waals surface area contributed by atoms with Crippen molar-refractivity contribution in [2.75, 3.05) is 51.5 Å². The number of hydrogen-bond acceptors (Lipinski definition) is 5. The summed E-state index contributed by atoms with van der Waals surface area (Å²) < 4.78 is 4.85. The minimum absolute atomic E-state index is 0.349. The molecule has 5 heteroatoms. The zero-order chi connectivity index (χ0) is 15.1. The first-order valence-electron chi connectivity index (χ1n) is 6.87. The van der Waals surface area contributed by atoms with Crippen molar-refractivity contribution in [2.45, 2.75) is 13.3 Å². The maximum Gasteiger partial charge on any atom is 0.340 e. The number of benzene rings is 1. The predicted octanol–water partition coefficient (Wildman–Crippen LogP) is 1.83. The van der Waals surface area contributed by atoms with Gasteiger partial charge in [0.25, 0.3) is 0 Å². The molecule has 0 bridgehead atoms. The molecule has 0 aliphatic carbocycles. The van der Waals surface area contributed by atoms with E-state index in [0.29, 0.717) is 11.3 Å². The Morgan fingerprint density at radius 2 is 1.95 bits per heavy atom. The number of anilines is 2. The van der Waals surface area contributed by atoms with E-state index in [9.17, 15) is 4.79 Å². The second kappa shape index (κ2) is 7.75. The number of methoxy groups -OCH3 is 1. The van der Waals surface area contributed by atoms with E-state index in [1.807, 2.05) is 20.2 Å². The summed E-state index contributed by atoms with van der Waals surface area (Å²) in [7, 11) is 5.44. The Morgan fingerprint density at radius 1 is 1.25 bits per heavy atom. The van der Waals surface area contributed by atoms with Crippen LogP contribution in [0, 0.1) is 0 Å². The first-order valence-corrected chi connectivity index (χ1v) is 6.87. The van der Waals surface area contributed by atoms with Gasteiger partial charge >= 0.3 is 5.97 Å². The molecule has 20 heavy (non-hydrogen) atoms. The summed E-state index contributed by atoms with van der Waals surface area (Å²) in [6.45, 7) is 4.68. The average molecular weight is 279 g/mol. The molecule has 0 aromatic heterocycles. The molecule has 1 aromatic carbocycles. The minimum Gasteiger partial charge on any atom is -0.465 e. The first kappa shape index (κ1) is 16.3. The molecule has 0 fully saturated rings. The summed E-state index contributed by atoms with van der Waals surface area (Å²) in [5, 5.41) is 0. The summed E-state index contributed by atoms with van der Waals surface area (Å²) in [4.78, 5) is 16.2. The van der Waals surface area contributed by atoms with E-state index >= 15 is 0 Å². The molecule has 0 unspecified atom stereocenters. The van der Waals surface area contributed by atoms with Gasteiger partial charge in [0, 0.05) is 19.6 Å². The van der Waals surface area contributed by atoms with Crippen LogP contribution >= 0.6 is 0 Å². The van der Waals surface area contributed by atoms with Gasteiger partial charge in [0.2, 0.25) is 0 Å². The molecule has 0 saturated heterocycles. The van der Waals surface area contributed by atoms with Gasteiger partial charge in [-0.2, -0.15) is 0 Å². The zero-order valence-corrected chi connectivity index (χ0v) is 12.8. The molecule has 0 spiro atoms. The lowest BCUT2D eigenvalue weighted by molar-refractivity contribution is 0.0601. The van der Waals surface area contributed by atoms with Crippen molar-refractivity contribution in [1.29, 1.82) is 0 Å². The largest absolute Gasteiger partial charge is 0.465 e. The number of para-hydroxylation sites is 1. The lowest BCUT2D eigenvalue weighted by Gasteiger charge is -2.28. The monoisotopic (exact) mass is 279 g/mol. The number of nitrogens with two attached hydrogens (primary N) is 1. The van der Waals surface area contributed by atoms with Crippen LogP contribution in [0.2, 0.25) is 0 Å². The maximum absolute atomic E-state index is 11.9. The van der Waals surface area contributed by atoms with Gasteiger partial charge in [-0.05, 0) is 32.6 Å². The number of likely N-dealkylation sites (N-methyl/N-ethyl adjacent to an activating group) is 1. The molecule has 112 valence electrons. The number of ether oxygens (including phenoxy) is 1. The first-order chi connectivity index (χ1) is 9.51. The van der Waals surface area contributed by atoms with E-state index in [1.165, 1.54) is 7.11 Å². The van der Waals surface area contributed by atoms with Crippen molar-refractivity contribution in [2.24, 2.45) is 0 Å². The van der Waals surface area contributed by atoms with Crippen LogP contribution in [0.1, 0.15) is 23.7 Å². The van der Waals surface area contributed by atoms with E-state index in [1.54, 1.807) is 12.1 Å². The van der Waals surface area contributed by atoms with Crippen LogP contribution in [0.4, 0.5) is 11.4 Å². The molecule has 0 saturated carbocycles. The van der Waals surface area contributed by atoms with Gasteiger partial charge in [0.15, 0.2) is 0 Å². The minimum atomic E-state index is -0.349. The highest BCUT2D eigenvalue weighted by Gasteiger charge is 2.19. The number of esters is 1. The van der Waals surface area contributed by atoms with E-state index in [0.717, 1.165) is 31.7 Å². The second-order valence-corrected chi connectivity index (χ2v) is 5.03. The third kappa shape index (κ3) is 4.13. The summed E-state index contributed by atoms with van der Waals surface area (Å²) in [6, 6.07) is 5.36. The van der Waals surface area contributed by atoms with E-state index in [4.69, 9.17) is 10.5 Å². The van der Waals surface area contributed by atoms with E-state index in [2.05, 4.69) is 16.7 Å². The fourth-order valence-corrected chi connectivity index (χ4v) is 2.12. The third-order valence-corrected chi connectivity index (χ3v) is 3.10. The van der Waals surface area contributed by atoms with Crippen LogP contribution in [0.25, 0.3) is 0 Å². The summed E-state index contributed by atoms with van der Waals surface area (Å²) >= 11 is 0. The van der Waals surface area contributed by atoms with Gasteiger partial charge in [-0.15, -0.1) is 0 Å². The SMILES string of the molecule is CCCN(CCN(C)C)c1c(N)cccc1C(=O)OC. The second-order valence-electron chi connectivity index (χ2n) is 5.03. The Kier molecular flexibility index (Phi) is 6.31. The van der Waals surface area contributed by atoms with Crippen LogP contribution < -0.4 is 10.6 Å². The molecule has 5 nitrogen and oxygen atoms in total. The van der Waals surface area contributed by atoms with Gasteiger partial charge in [0.1, 0.15) is 0 Å². The molecule has 0 heterocycles. The number of rotatable bonds is 7. The Hall–Kier alpha value is -1.75. The molecule has 0 aliphatic rings. The van der Waals surface area contributed by atoms with Crippen LogP contribution in [-0.2, 0) is 4.74 Å². The van der Waals surface area contributed by atoms with Gasteiger partial charge in [-0.25, -0.2) is 4.79 Å². The lowest BCUT2D eigenvalue weighted by Crippen LogP contribution is -2.34. The van der Waals surface area contributed by atoms with Gasteiger partial charge in [-0.1, -0.05) is 13.0 Å². The van der Waals surface area contributed by atoms with Crippen molar-refractivity contribution < 1.29 is 9.53 Å². The fourth-order valence-electron chi connectivity index (χ4n) is 2.12. The normalized spacial score (nSPS) is 10.7. The van der Waals surface area contributed by atoms with Crippen molar-refractivity contribution >= 4 is 17.3 Å². The molecule has 1 rings (SSSR count). The Morgan fingerprint density at radius 3 is 2.50 bits per heavy atom. The number of nitrogens with zero attached hydrogens (tertiary/aromatic N) is 2. The number of carbonyl (C=O) groups is 1. The smallest absolute Gasteiger partial charge is 0.340 e. The molecular formula is C15H25N3O2. The lowest BCUT2D eigenvalue weighted by atomic mass is 10.1. The molecule has 2 N–H and O–H groups in total. The number of carbonyl (C=O) groups excluding carboxylic acids is 1. The van der Waals surface area contributed by atoms with Crippen LogP contribution in [-0.4, -0.2) is 51.7 Å². The molecular weight excluding hydrogens is 254 g/mol. The van der Waals surface area contributed by atoms with Crippen molar-refractivity contribution in [1.82, 2.24) is 4.90 Å². The molecule has 0 aliphatic heterocycles. The van der Waals surface area contributed by atoms with Crippen LogP contribution in [0.3, 0.4) is 0 Å². The highest BCUT2D eigenvalue weighted by Crippen LogP contribution is 2.28. The summed E-state index contributed by atoms with van der Waals surface area (Å²) in [6.07, 6.45) is 0.988. The molecule has 1 aromatic rings. The standard InChI is InChI=1S/C15H25N3O2/c1-5-9-18(11-10-17(2)3)14-12(15(19)20-4)7-6-8-13(14)16/h6-8H,5,9-11,16H2,1-4H3. The number of nitrogen functional groups attached to an aromatic ring is 1. The molecule has 0 amide bonds. The molecule has 0 atom stereocenters.